The van der Waals surface area contributed by atoms with Gasteiger partial charge in [0.05, 0.1) is 28.6 Å². The second kappa shape index (κ2) is 9.90. The minimum atomic E-state index is -3.68. The zero-order valence-corrected chi connectivity index (χ0v) is 20.7. The van der Waals surface area contributed by atoms with E-state index in [-0.39, 0.29) is 16.7 Å². The van der Waals surface area contributed by atoms with Gasteiger partial charge in [0, 0.05) is 24.0 Å². The van der Waals surface area contributed by atoms with Crippen molar-refractivity contribution >= 4 is 61.3 Å². The number of methoxy groups -OCH3 is 1. The van der Waals surface area contributed by atoms with Gasteiger partial charge in [-0.2, -0.15) is 4.31 Å². The number of aromatic nitrogens is 1. The second-order valence-corrected chi connectivity index (χ2v) is 12.1. The molecular formula is C21H20ClN3O5S3. The number of carbonyl (C=O) groups excluding carboxylic acids is 2. The van der Waals surface area contributed by atoms with Crippen LogP contribution in [0.1, 0.15) is 23.2 Å². The van der Waals surface area contributed by atoms with E-state index >= 15 is 0 Å². The number of amides is 1. The van der Waals surface area contributed by atoms with Gasteiger partial charge in [0.25, 0.3) is 10.0 Å². The quantitative estimate of drug-likeness (QED) is 0.479. The van der Waals surface area contributed by atoms with Crippen LogP contribution in [-0.2, 0) is 19.6 Å². The maximum Gasteiger partial charge on any atom is 0.337 e. The number of anilines is 1. The summed E-state index contributed by atoms with van der Waals surface area (Å²) in [7, 11) is -2.36. The lowest BCUT2D eigenvalue weighted by Crippen LogP contribution is -2.43. The van der Waals surface area contributed by atoms with Crippen molar-refractivity contribution in [3.8, 4) is 11.3 Å². The van der Waals surface area contributed by atoms with E-state index in [1.54, 1.807) is 35.7 Å². The van der Waals surface area contributed by atoms with E-state index in [2.05, 4.69) is 10.3 Å². The van der Waals surface area contributed by atoms with Crippen molar-refractivity contribution in [3.63, 3.8) is 0 Å². The molecule has 174 valence electrons. The molecule has 0 aliphatic carbocycles. The average molecular weight is 526 g/mol. The van der Waals surface area contributed by atoms with Gasteiger partial charge >= 0.3 is 5.97 Å². The van der Waals surface area contributed by atoms with Crippen molar-refractivity contribution in [1.29, 1.82) is 0 Å². The fraction of sp³-hybridized carbons (Fsp3) is 0.286. The van der Waals surface area contributed by atoms with Crippen LogP contribution in [0.15, 0.2) is 46.0 Å². The van der Waals surface area contributed by atoms with E-state index in [1.165, 1.54) is 28.8 Å². The molecule has 1 saturated heterocycles. The molecule has 2 aromatic heterocycles. The Kier molecular flexibility index (Phi) is 7.15. The molecule has 4 rings (SSSR count). The highest BCUT2D eigenvalue weighted by Gasteiger charge is 2.34. The summed E-state index contributed by atoms with van der Waals surface area (Å²) in [6, 6.07) is 9.85. The van der Waals surface area contributed by atoms with Crippen LogP contribution in [0.5, 0.6) is 0 Å². The van der Waals surface area contributed by atoms with Crippen molar-refractivity contribution < 1.29 is 22.7 Å². The standard InChI is InChI=1S/C21H20ClN3O5S3/c1-30-20(27)14-6-4-13(5-7-14)16-12-31-21(23-16)24-19(26)15-3-2-10-25(11-15)33(28,29)18-9-8-17(22)32-18/h4-9,12,15H,2-3,10-11H2,1H3,(H,23,24,26). The lowest BCUT2D eigenvalue weighted by Gasteiger charge is -2.30. The largest absolute Gasteiger partial charge is 0.465 e. The zero-order valence-electron chi connectivity index (χ0n) is 17.5. The molecule has 12 heteroatoms. The second-order valence-electron chi connectivity index (χ2n) is 7.36. The van der Waals surface area contributed by atoms with Gasteiger partial charge in [-0.1, -0.05) is 23.7 Å². The van der Waals surface area contributed by atoms with Gasteiger partial charge in [-0.05, 0) is 37.1 Å². The number of rotatable bonds is 6. The molecule has 0 radical (unpaired) electrons. The van der Waals surface area contributed by atoms with Gasteiger partial charge < -0.3 is 10.1 Å². The van der Waals surface area contributed by atoms with Gasteiger partial charge in [0.15, 0.2) is 5.13 Å². The predicted octanol–water partition coefficient (Wildman–Crippen LogP) is 4.35. The van der Waals surface area contributed by atoms with Crippen LogP contribution in [0.2, 0.25) is 4.34 Å². The number of halogens is 1. The molecule has 33 heavy (non-hydrogen) atoms. The Bertz CT molecular complexity index is 1270. The van der Waals surface area contributed by atoms with Gasteiger partial charge in [-0.15, -0.1) is 22.7 Å². The summed E-state index contributed by atoms with van der Waals surface area (Å²) < 4.78 is 32.4. The molecule has 0 spiro atoms. The van der Waals surface area contributed by atoms with Crippen LogP contribution in [0.3, 0.4) is 0 Å². The lowest BCUT2D eigenvalue weighted by atomic mass is 9.99. The molecule has 0 bridgehead atoms. The van der Waals surface area contributed by atoms with E-state index in [4.69, 9.17) is 16.3 Å². The van der Waals surface area contributed by atoms with E-state index < -0.39 is 21.9 Å². The van der Waals surface area contributed by atoms with Gasteiger partial charge in [-0.25, -0.2) is 18.2 Å². The van der Waals surface area contributed by atoms with E-state index in [0.717, 1.165) is 16.9 Å². The molecule has 1 unspecified atom stereocenters. The number of ether oxygens (including phenoxy) is 1. The summed E-state index contributed by atoms with van der Waals surface area (Å²) >= 11 is 8.18. The number of carbonyl (C=O) groups is 2. The van der Waals surface area contributed by atoms with Crippen LogP contribution in [-0.4, -0.2) is 49.8 Å². The van der Waals surface area contributed by atoms with Crippen molar-refractivity contribution in [2.75, 3.05) is 25.5 Å². The molecule has 1 aromatic carbocycles. The van der Waals surface area contributed by atoms with E-state index in [1.807, 2.05) is 0 Å². The summed E-state index contributed by atoms with van der Waals surface area (Å²) in [6.07, 6.45) is 1.18. The fourth-order valence-corrected chi connectivity index (χ4v) is 7.39. The number of sulfonamides is 1. The number of hydrogen-bond acceptors (Lipinski definition) is 8. The molecule has 1 atom stereocenters. The van der Waals surface area contributed by atoms with Gasteiger partial charge in [0.1, 0.15) is 4.21 Å². The fourth-order valence-electron chi connectivity index (χ4n) is 3.50. The lowest BCUT2D eigenvalue weighted by molar-refractivity contribution is -0.120. The molecule has 1 N–H and O–H groups in total. The van der Waals surface area contributed by atoms with Crippen LogP contribution >= 0.6 is 34.3 Å². The highest BCUT2D eigenvalue weighted by atomic mass is 35.5. The third-order valence-corrected chi connectivity index (χ3v) is 9.56. The number of nitrogens with one attached hydrogen (secondary N) is 1. The molecule has 0 saturated carbocycles. The molecule has 8 nitrogen and oxygen atoms in total. The maximum atomic E-state index is 12.9. The Hall–Kier alpha value is -2.31. The maximum absolute atomic E-state index is 12.9. The highest BCUT2D eigenvalue weighted by Crippen LogP contribution is 2.31. The molecular weight excluding hydrogens is 506 g/mol. The number of thiophene rings is 1. The van der Waals surface area contributed by atoms with Gasteiger partial charge in [-0.3, -0.25) is 4.79 Å². The first-order chi connectivity index (χ1) is 15.8. The first kappa shape index (κ1) is 23.8. The minimum absolute atomic E-state index is 0.108. The first-order valence-corrected chi connectivity index (χ1v) is 13.5. The third kappa shape index (κ3) is 5.28. The van der Waals surface area contributed by atoms with E-state index in [9.17, 15) is 18.0 Å². The number of hydrogen-bond donors (Lipinski definition) is 1. The molecule has 1 aliphatic heterocycles. The summed E-state index contributed by atoms with van der Waals surface area (Å²) in [5.41, 5.74) is 1.89. The van der Waals surface area contributed by atoms with E-state index in [0.29, 0.717) is 40.1 Å². The number of esters is 1. The smallest absolute Gasteiger partial charge is 0.337 e. The van der Waals surface area contributed by atoms with Crippen molar-refractivity contribution in [2.24, 2.45) is 5.92 Å². The third-order valence-electron chi connectivity index (χ3n) is 5.23. The number of nitrogens with zero attached hydrogens (tertiary/aromatic N) is 2. The number of thiazole rings is 1. The number of piperidine rings is 1. The van der Waals surface area contributed by atoms with Crippen LogP contribution in [0, 0.1) is 5.92 Å². The average Bonchev–Trinajstić information content (AvgIpc) is 3.48. The Morgan fingerprint density at radius 3 is 2.64 bits per heavy atom. The Morgan fingerprint density at radius 1 is 1.21 bits per heavy atom. The summed E-state index contributed by atoms with van der Waals surface area (Å²) in [6.45, 7) is 0.474. The first-order valence-electron chi connectivity index (χ1n) is 9.98. The molecule has 3 aromatic rings. The van der Waals surface area contributed by atoms with Crippen molar-refractivity contribution in [3.05, 3.63) is 51.7 Å². The predicted molar refractivity (Wildman–Crippen MR) is 128 cm³/mol. The molecule has 1 fully saturated rings. The SMILES string of the molecule is COC(=O)c1ccc(-c2csc(NC(=O)C3CCCN(S(=O)(=O)c4ccc(Cl)s4)C3)n2)cc1. The molecule has 1 amide bonds. The zero-order chi connectivity index (χ0) is 23.6. The van der Waals surface area contributed by atoms with Crippen molar-refractivity contribution in [1.82, 2.24) is 9.29 Å². The monoisotopic (exact) mass is 525 g/mol. The van der Waals surface area contributed by atoms with Crippen LogP contribution in [0.4, 0.5) is 5.13 Å². The highest BCUT2D eigenvalue weighted by molar-refractivity contribution is 7.91. The molecule has 3 heterocycles. The summed E-state index contributed by atoms with van der Waals surface area (Å²) in [5, 5.41) is 5.05. The Balaban J connectivity index is 1.41. The number of benzene rings is 1. The topological polar surface area (TPSA) is 106 Å². The summed E-state index contributed by atoms with van der Waals surface area (Å²) in [5.74, 6) is -1.16. The van der Waals surface area contributed by atoms with Gasteiger partial charge in [0.2, 0.25) is 5.91 Å². The molecule has 1 aliphatic rings. The minimum Gasteiger partial charge on any atom is -0.465 e. The van der Waals surface area contributed by atoms with Crippen LogP contribution in [0.25, 0.3) is 11.3 Å². The Labute approximate surface area is 204 Å². The van der Waals surface area contributed by atoms with Crippen LogP contribution < -0.4 is 5.32 Å². The summed E-state index contributed by atoms with van der Waals surface area (Å²) in [4.78, 5) is 28.9. The normalized spacial score (nSPS) is 17.0. The Morgan fingerprint density at radius 2 is 1.97 bits per heavy atom. The van der Waals surface area contributed by atoms with Crippen molar-refractivity contribution in [2.45, 2.75) is 17.1 Å².